The number of amides is 1. The summed E-state index contributed by atoms with van der Waals surface area (Å²) in [5, 5.41) is 2.84. The summed E-state index contributed by atoms with van der Waals surface area (Å²) in [6.07, 6.45) is 1.09. The average Bonchev–Trinajstić information content (AvgIpc) is 2.59. The van der Waals surface area contributed by atoms with Crippen LogP contribution in [0.4, 0.5) is 11.4 Å². The lowest BCUT2D eigenvalue weighted by atomic mass is 10.1. The van der Waals surface area contributed by atoms with Crippen molar-refractivity contribution in [2.75, 3.05) is 22.5 Å². The first kappa shape index (κ1) is 20.8. The van der Waals surface area contributed by atoms with Crippen molar-refractivity contribution in [1.82, 2.24) is 0 Å². The van der Waals surface area contributed by atoms with E-state index < -0.39 is 22.0 Å². The van der Waals surface area contributed by atoms with E-state index in [0.29, 0.717) is 23.7 Å². The number of aryl methyl sites for hydroxylation is 1. The van der Waals surface area contributed by atoms with Crippen LogP contribution in [0.25, 0.3) is 0 Å². The van der Waals surface area contributed by atoms with Crippen LogP contribution in [-0.4, -0.2) is 33.2 Å². The van der Waals surface area contributed by atoms with Crippen molar-refractivity contribution >= 4 is 27.3 Å². The molecule has 1 N–H and O–H groups in total. The molecule has 27 heavy (non-hydrogen) atoms. The molecule has 1 amide bonds. The van der Waals surface area contributed by atoms with E-state index in [2.05, 4.69) is 5.32 Å². The number of ether oxygens (including phenoxy) is 1. The van der Waals surface area contributed by atoms with Gasteiger partial charge in [-0.05, 0) is 69.2 Å². The second-order valence-corrected chi connectivity index (χ2v) is 8.26. The number of nitrogens with one attached hydrogen (secondary N) is 1. The number of rotatable bonds is 7. The molecule has 2 rings (SSSR count). The summed E-state index contributed by atoms with van der Waals surface area (Å²) in [6.45, 7) is 7.83. The Kier molecular flexibility index (Phi) is 6.49. The van der Waals surface area contributed by atoms with Gasteiger partial charge in [-0.3, -0.25) is 9.10 Å². The van der Waals surface area contributed by atoms with Gasteiger partial charge in [0.15, 0.2) is 0 Å². The molecule has 7 heteroatoms. The first-order valence-corrected chi connectivity index (χ1v) is 10.6. The normalized spacial score (nSPS) is 12.3. The fourth-order valence-corrected chi connectivity index (χ4v) is 3.96. The topological polar surface area (TPSA) is 75.7 Å². The number of carbonyl (C=O) groups is 1. The summed E-state index contributed by atoms with van der Waals surface area (Å²) in [6, 6.07) is 11.3. The van der Waals surface area contributed by atoms with Crippen LogP contribution >= 0.6 is 0 Å². The van der Waals surface area contributed by atoms with Crippen LogP contribution in [0.5, 0.6) is 5.75 Å². The third-order valence-electron chi connectivity index (χ3n) is 4.35. The summed E-state index contributed by atoms with van der Waals surface area (Å²) in [7, 11) is -3.67. The summed E-state index contributed by atoms with van der Waals surface area (Å²) < 4.78 is 31.3. The Hall–Kier alpha value is -2.54. The molecule has 0 spiro atoms. The molecule has 0 radical (unpaired) electrons. The van der Waals surface area contributed by atoms with Crippen molar-refractivity contribution in [3.63, 3.8) is 0 Å². The smallest absolute Gasteiger partial charge is 0.248 e. The highest BCUT2D eigenvalue weighted by Crippen LogP contribution is 2.25. The van der Waals surface area contributed by atoms with Crippen LogP contribution in [0.3, 0.4) is 0 Å². The maximum Gasteiger partial charge on any atom is 0.248 e. The average molecular weight is 391 g/mol. The molecule has 2 aromatic rings. The zero-order valence-electron chi connectivity index (χ0n) is 16.3. The maximum atomic E-state index is 12.8. The van der Waals surface area contributed by atoms with E-state index in [1.807, 2.05) is 32.9 Å². The van der Waals surface area contributed by atoms with E-state index in [1.165, 1.54) is 0 Å². The van der Waals surface area contributed by atoms with Gasteiger partial charge in [0.25, 0.3) is 0 Å². The van der Waals surface area contributed by atoms with Crippen LogP contribution in [0.1, 0.15) is 25.0 Å². The maximum absolute atomic E-state index is 12.8. The summed E-state index contributed by atoms with van der Waals surface area (Å²) in [5.74, 6) is 0.241. The first-order valence-electron chi connectivity index (χ1n) is 8.74. The lowest BCUT2D eigenvalue weighted by Gasteiger charge is -2.28. The van der Waals surface area contributed by atoms with Crippen LogP contribution in [-0.2, 0) is 14.8 Å². The van der Waals surface area contributed by atoms with Crippen LogP contribution in [0, 0.1) is 13.8 Å². The zero-order chi connectivity index (χ0) is 20.2. The number of benzene rings is 2. The van der Waals surface area contributed by atoms with Gasteiger partial charge < -0.3 is 10.1 Å². The molecule has 1 atom stereocenters. The highest BCUT2D eigenvalue weighted by Gasteiger charge is 2.29. The number of nitrogens with zero attached hydrogens (tertiary/aromatic N) is 1. The molecule has 0 aromatic heterocycles. The Labute approximate surface area is 161 Å². The number of sulfonamides is 1. The Morgan fingerprint density at radius 1 is 1.15 bits per heavy atom. The molecule has 0 heterocycles. The van der Waals surface area contributed by atoms with Gasteiger partial charge in [0.1, 0.15) is 11.8 Å². The van der Waals surface area contributed by atoms with Crippen molar-refractivity contribution < 1.29 is 17.9 Å². The van der Waals surface area contributed by atoms with Crippen LogP contribution in [0.2, 0.25) is 0 Å². The van der Waals surface area contributed by atoms with E-state index in [9.17, 15) is 13.2 Å². The molecule has 0 fully saturated rings. The van der Waals surface area contributed by atoms with E-state index in [0.717, 1.165) is 21.7 Å². The molecule has 0 saturated carbocycles. The molecule has 0 aliphatic heterocycles. The predicted octanol–water partition coefficient (Wildman–Crippen LogP) is 3.50. The van der Waals surface area contributed by atoms with E-state index in [1.54, 1.807) is 37.3 Å². The minimum Gasteiger partial charge on any atom is -0.494 e. The highest BCUT2D eigenvalue weighted by molar-refractivity contribution is 7.92. The van der Waals surface area contributed by atoms with Gasteiger partial charge in [-0.2, -0.15) is 0 Å². The third kappa shape index (κ3) is 5.01. The van der Waals surface area contributed by atoms with Crippen LogP contribution < -0.4 is 14.4 Å². The Morgan fingerprint density at radius 2 is 1.78 bits per heavy atom. The molecular formula is C20H26N2O4S. The van der Waals surface area contributed by atoms with Crippen molar-refractivity contribution in [2.45, 2.75) is 33.7 Å². The SMILES string of the molecule is CCOc1ccc(N([C@H](C)C(=O)Nc2cccc(C)c2C)S(C)(=O)=O)cc1. The van der Waals surface area contributed by atoms with Crippen molar-refractivity contribution in [1.29, 1.82) is 0 Å². The molecular weight excluding hydrogens is 364 g/mol. The van der Waals surface area contributed by atoms with Crippen molar-refractivity contribution in [3.8, 4) is 5.75 Å². The fraction of sp³-hybridized carbons (Fsp3) is 0.350. The van der Waals surface area contributed by atoms with Gasteiger partial charge in [0.05, 0.1) is 18.6 Å². The summed E-state index contributed by atoms with van der Waals surface area (Å²) in [4.78, 5) is 12.8. The second-order valence-electron chi connectivity index (χ2n) is 6.40. The minimum atomic E-state index is -3.67. The zero-order valence-corrected chi connectivity index (χ0v) is 17.1. The molecule has 0 bridgehead atoms. The number of carbonyl (C=O) groups excluding carboxylic acids is 1. The number of hydrogen-bond donors (Lipinski definition) is 1. The number of hydrogen-bond acceptors (Lipinski definition) is 4. The lowest BCUT2D eigenvalue weighted by Crippen LogP contribution is -2.45. The largest absolute Gasteiger partial charge is 0.494 e. The fourth-order valence-electron chi connectivity index (χ4n) is 2.79. The Balaban J connectivity index is 2.30. The Morgan fingerprint density at radius 3 is 2.33 bits per heavy atom. The van der Waals surface area contributed by atoms with E-state index >= 15 is 0 Å². The van der Waals surface area contributed by atoms with Gasteiger partial charge in [-0.1, -0.05) is 12.1 Å². The minimum absolute atomic E-state index is 0.400. The van der Waals surface area contributed by atoms with Gasteiger partial charge in [0.2, 0.25) is 15.9 Å². The first-order chi connectivity index (χ1) is 12.6. The summed E-state index contributed by atoms with van der Waals surface area (Å²) >= 11 is 0. The third-order valence-corrected chi connectivity index (χ3v) is 5.59. The highest BCUT2D eigenvalue weighted by atomic mass is 32.2. The molecule has 0 aliphatic carbocycles. The van der Waals surface area contributed by atoms with Gasteiger partial charge in [-0.25, -0.2) is 8.42 Å². The van der Waals surface area contributed by atoms with Gasteiger partial charge >= 0.3 is 0 Å². The van der Waals surface area contributed by atoms with Gasteiger partial charge in [-0.15, -0.1) is 0 Å². The van der Waals surface area contributed by atoms with Crippen molar-refractivity contribution in [2.24, 2.45) is 0 Å². The summed E-state index contributed by atoms with van der Waals surface area (Å²) in [5.41, 5.74) is 3.08. The monoisotopic (exact) mass is 390 g/mol. The van der Waals surface area contributed by atoms with E-state index in [4.69, 9.17) is 4.74 Å². The molecule has 2 aromatic carbocycles. The van der Waals surface area contributed by atoms with Crippen molar-refractivity contribution in [3.05, 3.63) is 53.6 Å². The Bertz CT molecular complexity index is 908. The molecule has 6 nitrogen and oxygen atoms in total. The molecule has 0 saturated heterocycles. The standard InChI is InChI=1S/C20H26N2O4S/c1-6-26-18-12-10-17(11-13-18)22(27(5,24)25)16(4)20(23)21-19-9-7-8-14(2)15(19)3/h7-13,16H,6H2,1-5H3,(H,21,23)/t16-/m1/s1. The predicted molar refractivity (Wildman–Crippen MR) is 109 cm³/mol. The number of anilines is 2. The second kappa shape index (κ2) is 8.43. The van der Waals surface area contributed by atoms with Crippen LogP contribution in [0.15, 0.2) is 42.5 Å². The van der Waals surface area contributed by atoms with Gasteiger partial charge in [0, 0.05) is 5.69 Å². The molecule has 0 unspecified atom stereocenters. The lowest BCUT2D eigenvalue weighted by molar-refractivity contribution is -0.116. The molecule has 0 aliphatic rings. The quantitative estimate of drug-likeness (QED) is 0.785. The molecule has 146 valence electrons. The van der Waals surface area contributed by atoms with E-state index in [-0.39, 0.29) is 0 Å².